The van der Waals surface area contributed by atoms with E-state index in [1.807, 2.05) is 79.6 Å². The highest BCUT2D eigenvalue weighted by atomic mass is 32.2. The highest BCUT2D eigenvalue weighted by molar-refractivity contribution is 7.91. The van der Waals surface area contributed by atoms with Crippen LogP contribution < -0.4 is 19.6 Å². The van der Waals surface area contributed by atoms with Gasteiger partial charge in [0.05, 0.1) is 85.9 Å². The highest BCUT2D eigenvalue weighted by Gasteiger charge is 2.33. The standard InChI is InChI=1S/C26H25FN6O3S.C26H26N6O4S.C26H26N6O3S.C26H28N6O2.O2S/c27-17-12-19(18-1-2-28-21(18)13-17)24-30-22-20-11-16(15-32-5-9-37(34)10-6-32)14-29-26(20)36-23(22)25(31-24)33-3-7-35-8-4-33;33-37(34)12-8-31(9-13-37)16-17-14-20-22-23(36-26(20)28-15-17)25(32-6-10-35-11-7-32)30-24(29-22)19-2-1-3-21-18(19)4-5-27-21;33-36-12-8-31(9-13-36)16-17-14-20-22-23(35-26(20)28-15-17)25(32-6-10-34-11-7-32)30-24(29-22)19-2-1-3-21-18(19)4-5-27-21;1-3-9-31(2)16-17-14-20-22-23(34-26(20)28-15-17)25(32-10-12-33-13-11-32)30-24(29-22)19-5-4-6-21-18(19)7-8-27-21;1-3-2/h1-2,11-14,28H,3-10,15H2;1-5,14-15,27H,6-13,16H2;1-5,14-15,27H,6-13,16H2;4-8,14-15,27H,3,9-13,16H2,1-2H3;. The molecule has 7 aliphatic heterocycles. The lowest BCUT2D eigenvalue weighted by Gasteiger charge is -2.27. The van der Waals surface area contributed by atoms with Crippen LogP contribution in [0, 0.1) is 5.82 Å². The van der Waals surface area contributed by atoms with Gasteiger partial charge in [-0.05, 0) is 121 Å². The third-order valence-corrected chi connectivity index (χ3v) is 31.9. The van der Waals surface area contributed by atoms with Crippen molar-refractivity contribution < 1.29 is 66.3 Å². The summed E-state index contributed by atoms with van der Waals surface area (Å²) in [6, 6.07) is 37.9. The first-order valence-corrected chi connectivity index (χ1v) is 54.8. The number of anilines is 4. The Kier molecular flexibility index (Phi) is 27.9. The molecule has 0 atom stereocenters. The number of nitrogens with zero attached hydrogens (tertiary/aromatic N) is 20. The Bertz CT molecular complexity index is 8500. The molecule has 0 unspecified atom stereocenters. The van der Waals surface area contributed by atoms with Gasteiger partial charge in [-0.2, -0.15) is 8.42 Å². The van der Waals surface area contributed by atoms with Gasteiger partial charge in [0.2, 0.25) is 22.9 Å². The average molecular weight is 2060 g/mol. The summed E-state index contributed by atoms with van der Waals surface area (Å²) in [5.74, 6) is 8.31. The fourth-order valence-corrected chi connectivity index (χ4v) is 23.8. The van der Waals surface area contributed by atoms with Crippen LogP contribution in [0.2, 0.25) is 0 Å². The monoisotopic (exact) mass is 2060 g/mol. The molecule has 43 heteroatoms. The maximum Gasteiger partial charge on any atom is 0.335 e. The molecule has 4 N–H and O–H groups in total. The number of nitrogens with one attached hydrogen (secondary N) is 4. The average Bonchev–Trinajstić information content (AvgIpc) is 1.61. The second-order valence-corrected chi connectivity index (χ2v) is 43.2. The molecule has 0 saturated carbocycles. The number of H-pyrrole nitrogens is 4. The van der Waals surface area contributed by atoms with E-state index in [-0.39, 0.29) is 17.3 Å². The number of halogens is 1. The summed E-state index contributed by atoms with van der Waals surface area (Å²) >= 11 is -0.750. The number of pyridine rings is 4. The van der Waals surface area contributed by atoms with Crippen LogP contribution in [0.4, 0.5) is 27.7 Å². The Morgan fingerprint density at radius 2 is 0.673 bits per heavy atom. The maximum atomic E-state index is 14.6. The molecule has 7 aliphatic rings. The molecular weight excluding hydrogens is 1960 g/mol. The van der Waals surface area contributed by atoms with E-state index < -0.39 is 43.0 Å². The molecule has 756 valence electrons. The number of aromatic amines is 4. The van der Waals surface area contributed by atoms with E-state index in [9.17, 15) is 21.2 Å². The lowest BCUT2D eigenvalue weighted by Crippen LogP contribution is -2.39. The lowest BCUT2D eigenvalue weighted by molar-refractivity contribution is 0.122. The Hall–Kier alpha value is -14.0. The number of hydrogen-bond donors (Lipinski definition) is 4. The van der Waals surface area contributed by atoms with Crippen molar-refractivity contribution >= 4 is 199 Å². The molecule has 147 heavy (non-hydrogen) atoms. The molecule has 0 spiro atoms. The van der Waals surface area contributed by atoms with E-state index in [1.54, 1.807) is 12.4 Å². The maximum absolute atomic E-state index is 14.6. The number of benzene rings is 4. The number of morpholine rings is 4. The quantitative estimate of drug-likeness (QED) is 0.0620. The van der Waals surface area contributed by atoms with Crippen LogP contribution in [0.1, 0.15) is 35.6 Å². The largest absolute Gasteiger partial charge is 0.432 e. The number of hydrogen-bond acceptors (Lipinski definition) is 34. The van der Waals surface area contributed by atoms with Crippen molar-refractivity contribution in [3.8, 4) is 45.6 Å². The van der Waals surface area contributed by atoms with Gasteiger partial charge in [-0.1, -0.05) is 43.3 Å². The topological polar surface area (TPSA) is 436 Å². The summed E-state index contributed by atoms with van der Waals surface area (Å²) < 4.78 is 126. The third kappa shape index (κ3) is 20.4. The molecule has 38 nitrogen and oxygen atoms in total. The first-order chi connectivity index (χ1) is 72.0. The van der Waals surface area contributed by atoms with Gasteiger partial charge >= 0.3 is 11.6 Å². The first-order valence-electron chi connectivity index (χ1n) is 49.3. The SMILES string of the molecule is CCCN(C)Cc1cnc2oc3c(N4CCOCC4)nc(-c4cccc5[nH]ccc45)nc3c2c1.O=S1(=O)CCN(Cc2cnc3oc4c(N5CCOCC5)nc(-c5cccc6[nH]ccc56)nc4c3c2)CC1.O=S1CCN(Cc2cnc3oc4c(N5CCOCC5)nc(-c5cc(F)cc6[nH]ccc56)nc4c3c2)CC1.O=S1CCN(Cc2cnc3oc4c(N5CCOCC5)nc(-c5cccc6[nH]ccc56)nc4c3c2)CC1.O=S=O. The van der Waals surface area contributed by atoms with Crippen molar-refractivity contribution in [3.63, 3.8) is 0 Å². The van der Waals surface area contributed by atoms with E-state index in [0.717, 1.165) is 229 Å². The molecule has 16 aromatic heterocycles. The summed E-state index contributed by atoms with van der Waals surface area (Å²) in [7, 11) is -2.20. The minimum absolute atomic E-state index is 0.196. The number of aromatic nitrogens is 16. The zero-order chi connectivity index (χ0) is 99.8. The Labute approximate surface area is 849 Å². The predicted molar refractivity (Wildman–Crippen MR) is 565 cm³/mol. The molecule has 20 aromatic rings. The van der Waals surface area contributed by atoms with Crippen molar-refractivity contribution in [1.29, 1.82) is 0 Å². The predicted octanol–water partition coefficient (Wildman–Crippen LogP) is 13.7. The molecule has 7 saturated heterocycles. The van der Waals surface area contributed by atoms with E-state index in [0.29, 0.717) is 201 Å². The van der Waals surface area contributed by atoms with Gasteiger partial charge in [-0.25, -0.2) is 72.6 Å². The van der Waals surface area contributed by atoms with Crippen molar-refractivity contribution in [3.05, 3.63) is 193 Å². The van der Waals surface area contributed by atoms with Gasteiger partial charge in [0, 0.05) is 278 Å². The zero-order valence-corrected chi connectivity index (χ0v) is 84.1. The molecule has 0 radical (unpaired) electrons. The first kappa shape index (κ1) is 96.5. The lowest BCUT2D eigenvalue weighted by atomic mass is 10.1. The van der Waals surface area contributed by atoms with Gasteiger partial charge in [0.25, 0.3) is 0 Å². The molecule has 7 fully saturated rings. The van der Waals surface area contributed by atoms with Gasteiger partial charge in [0.1, 0.15) is 27.9 Å². The molecular formula is C104H105FN24O14S4. The molecule has 23 heterocycles. The van der Waals surface area contributed by atoms with Crippen molar-refractivity contribution in [1.82, 2.24) is 99.3 Å². The van der Waals surface area contributed by atoms with Gasteiger partial charge in [-0.15, -0.1) is 0 Å². The number of rotatable bonds is 18. The van der Waals surface area contributed by atoms with Crippen molar-refractivity contribution in [2.75, 3.05) is 212 Å². The van der Waals surface area contributed by atoms with Crippen LogP contribution in [0.5, 0.6) is 0 Å². The molecule has 0 bridgehead atoms. The fourth-order valence-electron chi connectivity index (χ4n) is 20.3. The van der Waals surface area contributed by atoms with Crippen LogP contribution in [-0.2, 0) is 88.1 Å². The summed E-state index contributed by atoms with van der Waals surface area (Å²) in [4.78, 5) is 89.3. The minimum atomic E-state index is -2.93. The normalized spacial score (nSPS) is 17.1. The van der Waals surface area contributed by atoms with E-state index in [2.05, 4.69) is 154 Å². The van der Waals surface area contributed by atoms with Crippen molar-refractivity contribution in [2.24, 2.45) is 0 Å². The number of ether oxygens (including phenoxy) is 4. The van der Waals surface area contributed by atoms with Gasteiger partial charge in [0.15, 0.2) is 78.7 Å². The van der Waals surface area contributed by atoms with Gasteiger partial charge in [-0.3, -0.25) is 23.1 Å². The second kappa shape index (κ2) is 42.5. The number of sulfone groups is 1. The van der Waals surface area contributed by atoms with Crippen molar-refractivity contribution in [2.45, 2.75) is 39.5 Å². The van der Waals surface area contributed by atoms with Gasteiger partial charge < -0.3 is 81.1 Å². The smallest absolute Gasteiger partial charge is 0.335 e. The highest BCUT2D eigenvalue weighted by Crippen LogP contribution is 2.44. The molecule has 0 aliphatic carbocycles. The van der Waals surface area contributed by atoms with E-state index in [1.165, 1.54) is 12.1 Å². The second-order valence-electron chi connectivity index (χ2n) is 37.4. The number of furan rings is 4. The van der Waals surface area contributed by atoms with Crippen LogP contribution >= 0.6 is 0 Å². The van der Waals surface area contributed by atoms with Crippen LogP contribution in [-0.4, -0.2) is 317 Å². The Balaban J connectivity index is 0.000000107. The van der Waals surface area contributed by atoms with Crippen LogP contribution in [0.15, 0.2) is 183 Å². The Morgan fingerprint density at radius 3 is 1.01 bits per heavy atom. The summed E-state index contributed by atoms with van der Waals surface area (Å²) in [6.45, 7) is 21.4. The zero-order valence-electron chi connectivity index (χ0n) is 80.8. The molecule has 0 amide bonds. The molecule has 27 rings (SSSR count). The third-order valence-electron chi connectivity index (χ3n) is 27.7. The van der Waals surface area contributed by atoms with E-state index >= 15 is 0 Å². The van der Waals surface area contributed by atoms with E-state index in [4.69, 9.17) is 84.9 Å². The Morgan fingerprint density at radius 1 is 0.374 bits per heavy atom. The fraction of sp³-hybridized carbons (Fsp3) is 0.346. The summed E-state index contributed by atoms with van der Waals surface area (Å²) in [5.41, 5.74) is 19.3. The molecule has 4 aromatic carbocycles. The van der Waals surface area contributed by atoms with Crippen LogP contribution in [0.3, 0.4) is 0 Å². The number of fused-ring (bicyclic) bond motifs is 16. The van der Waals surface area contributed by atoms with Crippen LogP contribution in [0.25, 0.3) is 178 Å². The minimum Gasteiger partial charge on any atom is -0.432 e. The summed E-state index contributed by atoms with van der Waals surface area (Å²) in [5, 5.41) is 7.54. The summed E-state index contributed by atoms with van der Waals surface area (Å²) in [6.07, 6.45) is 16.1.